The van der Waals surface area contributed by atoms with Crippen molar-refractivity contribution in [1.82, 2.24) is 5.32 Å². The van der Waals surface area contributed by atoms with Crippen LogP contribution in [-0.2, 0) is 9.53 Å². The lowest BCUT2D eigenvalue weighted by Gasteiger charge is -2.18. The van der Waals surface area contributed by atoms with E-state index in [0.717, 1.165) is 6.07 Å². The third-order valence-corrected chi connectivity index (χ3v) is 3.21. The minimum Gasteiger partial charge on any atom is -0.464 e. The summed E-state index contributed by atoms with van der Waals surface area (Å²) in [4.78, 5) is 24.2. The lowest BCUT2D eigenvalue weighted by atomic mass is 10.1. The predicted octanol–water partition coefficient (Wildman–Crippen LogP) is 3.14. The predicted molar refractivity (Wildman–Crippen MR) is 79.6 cm³/mol. The number of carbonyl (C=O) groups excluding carboxylic acids is 2. The summed E-state index contributed by atoms with van der Waals surface area (Å²) in [5.74, 6) is -6.60. The zero-order valence-electron chi connectivity index (χ0n) is 12.7. The highest BCUT2D eigenvalue weighted by Crippen LogP contribution is 2.19. The zero-order chi connectivity index (χ0) is 17.7. The molecule has 0 saturated carbocycles. The van der Waals surface area contributed by atoms with Crippen LogP contribution in [0.5, 0.6) is 0 Å². The molecule has 1 amide bonds. The quantitative estimate of drug-likeness (QED) is 0.674. The molecule has 1 atom stereocenters. The summed E-state index contributed by atoms with van der Waals surface area (Å²) in [5, 5.41) is 2.28. The zero-order valence-corrected chi connectivity index (χ0v) is 12.7. The van der Waals surface area contributed by atoms with Gasteiger partial charge in [-0.25, -0.2) is 18.0 Å². The molecule has 0 aromatic heterocycles. The molecule has 0 aliphatic heterocycles. The molecule has 0 radical (unpaired) electrons. The Kier molecular flexibility index (Phi) is 5.57. The fourth-order valence-corrected chi connectivity index (χ4v) is 2.06. The second-order valence-corrected chi connectivity index (χ2v) is 4.79. The number of hydrogen-bond acceptors (Lipinski definition) is 3. The van der Waals surface area contributed by atoms with Crippen molar-refractivity contribution in [2.24, 2.45) is 0 Å². The SMILES string of the molecule is CCOC(=O)C(NC(=O)c1ccc(F)c(F)c1F)c1ccccc1. The number of hydrogen-bond donors (Lipinski definition) is 1. The molecule has 0 fully saturated rings. The topological polar surface area (TPSA) is 55.4 Å². The first-order chi connectivity index (χ1) is 11.5. The van der Waals surface area contributed by atoms with E-state index in [1.165, 1.54) is 0 Å². The van der Waals surface area contributed by atoms with Crippen LogP contribution in [0.2, 0.25) is 0 Å². The maximum atomic E-state index is 13.7. The van der Waals surface area contributed by atoms with Gasteiger partial charge in [-0.1, -0.05) is 30.3 Å². The number of nitrogens with one attached hydrogen (secondary N) is 1. The summed E-state index contributed by atoms with van der Waals surface area (Å²) in [6.07, 6.45) is 0. The highest BCUT2D eigenvalue weighted by atomic mass is 19.2. The van der Waals surface area contributed by atoms with Gasteiger partial charge in [-0.15, -0.1) is 0 Å². The van der Waals surface area contributed by atoms with E-state index in [4.69, 9.17) is 4.74 Å². The van der Waals surface area contributed by atoms with Gasteiger partial charge in [0, 0.05) is 0 Å². The summed E-state index contributed by atoms with van der Waals surface area (Å²) in [6.45, 7) is 1.67. The number of amides is 1. The van der Waals surface area contributed by atoms with Crippen molar-refractivity contribution in [1.29, 1.82) is 0 Å². The van der Waals surface area contributed by atoms with Gasteiger partial charge in [0.05, 0.1) is 12.2 Å². The molecule has 2 aromatic rings. The van der Waals surface area contributed by atoms with Gasteiger partial charge in [-0.05, 0) is 24.6 Å². The minimum atomic E-state index is -1.75. The normalized spacial score (nSPS) is 11.7. The Morgan fingerprint density at radius 3 is 2.33 bits per heavy atom. The molecule has 4 nitrogen and oxygen atoms in total. The van der Waals surface area contributed by atoms with Crippen LogP contribution < -0.4 is 5.32 Å². The highest BCUT2D eigenvalue weighted by molar-refractivity contribution is 5.97. The number of halogens is 3. The fraction of sp³-hybridized carbons (Fsp3) is 0.176. The van der Waals surface area contributed by atoms with Gasteiger partial charge < -0.3 is 10.1 Å². The van der Waals surface area contributed by atoms with Crippen molar-refractivity contribution >= 4 is 11.9 Å². The molecular formula is C17H14F3NO3. The maximum Gasteiger partial charge on any atom is 0.333 e. The van der Waals surface area contributed by atoms with E-state index in [0.29, 0.717) is 11.6 Å². The Balaban J connectivity index is 2.31. The summed E-state index contributed by atoms with van der Waals surface area (Å²) in [6, 6.07) is 8.38. The number of esters is 1. The highest BCUT2D eigenvalue weighted by Gasteiger charge is 2.27. The molecular weight excluding hydrogens is 323 g/mol. The van der Waals surface area contributed by atoms with Crippen LogP contribution in [0.3, 0.4) is 0 Å². The van der Waals surface area contributed by atoms with E-state index in [1.54, 1.807) is 37.3 Å². The summed E-state index contributed by atoms with van der Waals surface area (Å²) in [7, 11) is 0. The molecule has 0 aliphatic rings. The minimum absolute atomic E-state index is 0.0809. The lowest BCUT2D eigenvalue weighted by Crippen LogP contribution is -2.35. The average molecular weight is 337 g/mol. The number of benzene rings is 2. The van der Waals surface area contributed by atoms with Gasteiger partial charge in [0.15, 0.2) is 23.5 Å². The molecule has 0 spiro atoms. The van der Waals surface area contributed by atoms with Crippen LogP contribution in [0.15, 0.2) is 42.5 Å². The van der Waals surface area contributed by atoms with Crippen LogP contribution in [0.1, 0.15) is 28.9 Å². The second kappa shape index (κ2) is 7.63. The third kappa shape index (κ3) is 3.73. The molecule has 0 saturated heterocycles. The van der Waals surface area contributed by atoms with E-state index >= 15 is 0 Å². The van der Waals surface area contributed by atoms with Crippen LogP contribution in [0.25, 0.3) is 0 Å². The number of carbonyl (C=O) groups is 2. The van der Waals surface area contributed by atoms with Gasteiger partial charge in [0.1, 0.15) is 0 Å². The molecule has 7 heteroatoms. The average Bonchev–Trinajstić information content (AvgIpc) is 2.58. The van der Waals surface area contributed by atoms with Gasteiger partial charge >= 0.3 is 5.97 Å². The smallest absolute Gasteiger partial charge is 0.333 e. The van der Waals surface area contributed by atoms with Crippen LogP contribution in [0, 0.1) is 17.5 Å². The Bertz CT molecular complexity index is 750. The van der Waals surface area contributed by atoms with Gasteiger partial charge in [-0.2, -0.15) is 0 Å². The van der Waals surface area contributed by atoms with Gasteiger partial charge in [0.2, 0.25) is 0 Å². The van der Waals surface area contributed by atoms with Crippen molar-refractivity contribution < 1.29 is 27.5 Å². The molecule has 126 valence electrons. The number of ether oxygens (including phenoxy) is 1. The molecule has 1 unspecified atom stereocenters. The number of rotatable bonds is 5. The molecule has 0 aliphatic carbocycles. The molecule has 0 bridgehead atoms. The van der Waals surface area contributed by atoms with Crippen molar-refractivity contribution in [3.05, 3.63) is 71.0 Å². The van der Waals surface area contributed by atoms with Crippen molar-refractivity contribution in [2.75, 3.05) is 6.61 Å². The summed E-state index contributed by atoms with van der Waals surface area (Å²) >= 11 is 0. The fourth-order valence-electron chi connectivity index (χ4n) is 2.06. The Morgan fingerprint density at radius 2 is 1.71 bits per heavy atom. The third-order valence-electron chi connectivity index (χ3n) is 3.21. The summed E-state index contributed by atoms with van der Waals surface area (Å²) in [5.41, 5.74) is -0.300. The van der Waals surface area contributed by atoms with Crippen molar-refractivity contribution in [2.45, 2.75) is 13.0 Å². The van der Waals surface area contributed by atoms with Crippen LogP contribution in [-0.4, -0.2) is 18.5 Å². The van der Waals surface area contributed by atoms with E-state index in [2.05, 4.69) is 5.32 Å². The Morgan fingerprint density at radius 1 is 1.04 bits per heavy atom. The Labute approximate surface area is 136 Å². The lowest BCUT2D eigenvalue weighted by molar-refractivity contribution is -0.145. The van der Waals surface area contributed by atoms with E-state index in [9.17, 15) is 22.8 Å². The molecule has 1 N–H and O–H groups in total. The molecule has 2 rings (SSSR count). The van der Waals surface area contributed by atoms with E-state index in [-0.39, 0.29) is 6.61 Å². The van der Waals surface area contributed by atoms with Crippen molar-refractivity contribution in [3.63, 3.8) is 0 Å². The van der Waals surface area contributed by atoms with Gasteiger partial charge in [-0.3, -0.25) is 4.79 Å². The first-order valence-electron chi connectivity index (χ1n) is 7.11. The standard InChI is InChI=1S/C17H14F3NO3/c1-2-24-17(23)15(10-6-4-3-5-7-10)21-16(22)11-8-9-12(18)14(20)13(11)19/h3-9,15H,2H2,1H3,(H,21,22). The second-order valence-electron chi connectivity index (χ2n) is 4.79. The molecule has 2 aromatic carbocycles. The largest absolute Gasteiger partial charge is 0.464 e. The molecule has 24 heavy (non-hydrogen) atoms. The van der Waals surface area contributed by atoms with Crippen LogP contribution in [0.4, 0.5) is 13.2 Å². The Hall–Kier alpha value is -2.83. The monoisotopic (exact) mass is 337 g/mol. The van der Waals surface area contributed by atoms with Crippen molar-refractivity contribution in [3.8, 4) is 0 Å². The maximum absolute atomic E-state index is 13.7. The summed E-state index contributed by atoms with van der Waals surface area (Å²) < 4.78 is 44.8. The first-order valence-corrected chi connectivity index (χ1v) is 7.11. The van der Waals surface area contributed by atoms with Crippen LogP contribution >= 0.6 is 0 Å². The van der Waals surface area contributed by atoms with Gasteiger partial charge in [0.25, 0.3) is 5.91 Å². The van der Waals surface area contributed by atoms with E-state index < -0.39 is 40.9 Å². The first kappa shape index (κ1) is 17.5. The van der Waals surface area contributed by atoms with E-state index in [1.807, 2.05) is 0 Å². The molecule has 0 heterocycles.